The summed E-state index contributed by atoms with van der Waals surface area (Å²) in [5, 5.41) is 7.48. The van der Waals surface area contributed by atoms with Crippen molar-refractivity contribution in [3.8, 4) is 34.2 Å². The molecule has 0 saturated heterocycles. The lowest BCUT2D eigenvalue weighted by Gasteiger charge is -2.09. The van der Waals surface area contributed by atoms with E-state index < -0.39 is 0 Å². The van der Waals surface area contributed by atoms with Crippen molar-refractivity contribution >= 4 is 94.5 Å². The Morgan fingerprint density at radius 1 is 0.289 bits per heavy atom. The van der Waals surface area contributed by atoms with Crippen LogP contribution in [-0.4, -0.2) is 15.0 Å². The molecule has 3 nitrogen and oxygen atoms in total. The molecule has 10 aromatic rings. The first kappa shape index (κ1) is 25.3. The van der Waals surface area contributed by atoms with Gasteiger partial charge in [0.1, 0.15) is 0 Å². The number of aromatic nitrogens is 3. The normalized spacial score (nSPS) is 12.0. The number of fused-ring (bicyclic) bond motifs is 9. The third-order valence-corrected chi connectivity index (χ3v) is 12.0. The Morgan fingerprint density at radius 2 is 0.578 bits per heavy atom. The van der Waals surface area contributed by atoms with Crippen LogP contribution in [0, 0.1) is 0 Å². The van der Waals surface area contributed by atoms with Gasteiger partial charge in [-0.1, -0.05) is 54.6 Å². The van der Waals surface area contributed by atoms with Crippen molar-refractivity contribution in [2.24, 2.45) is 0 Å². The molecule has 0 aliphatic rings. The van der Waals surface area contributed by atoms with E-state index in [0.717, 1.165) is 16.7 Å². The molecular formula is C39H21N3S3. The van der Waals surface area contributed by atoms with Crippen LogP contribution in [-0.2, 0) is 0 Å². The van der Waals surface area contributed by atoms with Crippen LogP contribution in [0.5, 0.6) is 0 Å². The zero-order chi connectivity index (χ0) is 29.5. The number of benzene rings is 6. The van der Waals surface area contributed by atoms with Crippen molar-refractivity contribution in [1.29, 1.82) is 0 Å². The van der Waals surface area contributed by atoms with Gasteiger partial charge in [0.2, 0.25) is 0 Å². The summed E-state index contributed by atoms with van der Waals surface area (Å²) < 4.78 is 7.65. The first-order chi connectivity index (χ1) is 22.2. The molecule has 0 aliphatic heterocycles. The minimum atomic E-state index is 0.678. The molecule has 0 atom stereocenters. The van der Waals surface area contributed by atoms with E-state index >= 15 is 0 Å². The fourth-order valence-electron chi connectivity index (χ4n) is 6.36. The molecule has 6 aromatic carbocycles. The summed E-state index contributed by atoms with van der Waals surface area (Å²) in [6.45, 7) is 0. The second-order valence-corrected chi connectivity index (χ2v) is 14.5. The van der Waals surface area contributed by atoms with Gasteiger partial charge in [0.05, 0.1) is 0 Å². The summed E-state index contributed by atoms with van der Waals surface area (Å²) in [5.74, 6) is 2.04. The fraction of sp³-hybridized carbons (Fsp3) is 0. The predicted octanol–water partition coefficient (Wildman–Crippen LogP) is 12.0. The Balaban J connectivity index is 1.21. The third-order valence-electron chi connectivity index (χ3n) is 8.54. The third kappa shape index (κ3) is 4.03. The van der Waals surface area contributed by atoms with E-state index in [1.165, 1.54) is 60.5 Å². The highest BCUT2D eigenvalue weighted by molar-refractivity contribution is 7.26. The number of rotatable bonds is 3. The summed E-state index contributed by atoms with van der Waals surface area (Å²) in [7, 11) is 0. The van der Waals surface area contributed by atoms with Crippen molar-refractivity contribution in [3.63, 3.8) is 0 Å². The van der Waals surface area contributed by atoms with Gasteiger partial charge in [0.25, 0.3) is 0 Å². The Bertz CT molecular complexity index is 2470. The Kier molecular flexibility index (Phi) is 5.49. The summed E-state index contributed by atoms with van der Waals surface area (Å²) in [4.78, 5) is 15.4. The van der Waals surface area contributed by atoms with Gasteiger partial charge in [-0.25, -0.2) is 15.0 Å². The standard InChI is InChI=1S/C39H21N3S3/c1-4-10-31-25(7-1)28-19-22(13-16-34(28)43-31)37-40-38(23-14-17-35-29(20-23)26-8-2-5-11-32(26)44-35)42-39(41-37)24-15-18-36-30(21-24)27-9-3-6-12-33(27)45-36/h1-21H. The van der Waals surface area contributed by atoms with Gasteiger partial charge >= 0.3 is 0 Å². The van der Waals surface area contributed by atoms with Crippen molar-refractivity contribution in [2.75, 3.05) is 0 Å². The molecule has 4 aromatic heterocycles. The molecule has 210 valence electrons. The highest BCUT2D eigenvalue weighted by Crippen LogP contribution is 2.39. The van der Waals surface area contributed by atoms with E-state index in [1.807, 2.05) is 34.0 Å². The molecule has 0 radical (unpaired) electrons. The van der Waals surface area contributed by atoms with Gasteiger partial charge < -0.3 is 0 Å². The molecule has 0 N–H and O–H groups in total. The highest BCUT2D eigenvalue weighted by Gasteiger charge is 2.16. The highest BCUT2D eigenvalue weighted by atomic mass is 32.1. The molecule has 4 heterocycles. The van der Waals surface area contributed by atoms with Crippen molar-refractivity contribution in [1.82, 2.24) is 15.0 Å². The van der Waals surface area contributed by atoms with Crippen LogP contribution in [0.3, 0.4) is 0 Å². The summed E-state index contributed by atoms with van der Waals surface area (Å²) in [6.07, 6.45) is 0. The topological polar surface area (TPSA) is 38.7 Å². The molecule has 10 rings (SSSR count). The van der Waals surface area contributed by atoms with Gasteiger partial charge in [-0.2, -0.15) is 0 Å². The maximum atomic E-state index is 5.13. The van der Waals surface area contributed by atoms with E-state index in [-0.39, 0.29) is 0 Å². The second-order valence-electron chi connectivity index (χ2n) is 11.2. The van der Waals surface area contributed by atoms with E-state index in [2.05, 4.69) is 127 Å². The average Bonchev–Trinajstić information content (AvgIpc) is 3.78. The molecule has 0 amide bonds. The first-order valence-electron chi connectivity index (χ1n) is 14.8. The number of thiophene rings is 3. The van der Waals surface area contributed by atoms with Crippen LogP contribution in [0.2, 0.25) is 0 Å². The van der Waals surface area contributed by atoms with Crippen LogP contribution in [0.25, 0.3) is 94.7 Å². The molecule has 0 saturated carbocycles. The van der Waals surface area contributed by atoms with Crippen molar-refractivity contribution in [2.45, 2.75) is 0 Å². The summed E-state index contributed by atoms with van der Waals surface area (Å²) in [5.41, 5.74) is 2.96. The number of hydrogen-bond donors (Lipinski definition) is 0. The Hall–Kier alpha value is -5.01. The quantitative estimate of drug-likeness (QED) is 0.196. The SMILES string of the molecule is c1ccc2c(c1)sc1ccc(-c3nc(-c4ccc5sc6ccccc6c5c4)nc(-c4ccc5sc6ccccc6c5c4)n3)cc12. The van der Waals surface area contributed by atoms with Gasteiger partial charge in [-0.15, -0.1) is 34.0 Å². The first-order valence-corrected chi connectivity index (χ1v) is 17.2. The van der Waals surface area contributed by atoms with Crippen LogP contribution in [0.15, 0.2) is 127 Å². The fourth-order valence-corrected chi connectivity index (χ4v) is 9.62. The minimum absolute atomic E-state index is 0.678. The molecule has 0 bridgehead atoms. The van der Waals surface area contributed by atoms with E-state index in [1.54, 1.807) is 0 Å². The summed E-state index contributed by atoms with van der Waals surface area (Å²) >= 11 is 5.46. The molecule has 6 heteroatoms. The smallest absolute Gasteiger partial charge is 0.164 e. The lowest BCUT2D eigenvalue weighted by Crippen LogP contribution is -2.00. The van der Waals surface area contributed by atoms with Crippen LogP contribution < -0.4 is 0 Å². The summed E-state index contributed by atoms with van der Waals surface area (Å²) in [6, 6.07) is 45.5. The van der Waals surface area contributed by atoms with E-state index in [4.69, 9.17) is 15.0 Å². The van der Waals surface area contributed by atoms with Gasteiger partial charge in [-0.3, -0.25) is 0 Å². The molecule has 0 unspecified atom stereocenters. The van der Waals surface area contributed by atoms with E-state index in [9.17, 15) is 0 Å². The Labute approximate surface area is 269 Å². The molecule has 45 heavy (non-hydrogen) atoms. The van der Waals surface area contributed by atoms with Crippen LogP contribution in [0.1, 0.15) is 0 Å². The van der Waals surface area contributed by atoms with Gasteiger partial charge in [-0.05, 0) is 72.8 Å². The minimum Gasteiger partial charge on any atom is -0.208 e. The molecular weight excluding hydrogens is 607 g/mol. The maximum Gasteiger partial charge on any atom is 0.164 e. The number of hydrogen-bond acceptors (Lipinski definition) is 6. The zero-order valence-electron chi connectivity index (χ0n) is 23.7. The van der Waals surface area contributed by atoms with Crippen LogP contribution in [0.4, 0.5) is 0 Å². The van der Waals surface area contributed by atoms with Crippen LogP contribution >= 0.6 is 34.0 Å². The molecule has 0 fully saturated rings. The molecule has 0 aliphatic carbocycles. The lowest BCUT2D eigenvalue weighted by molar-refractivity contribution is 1.08. The Morgan fingerprint density at radius 3 is 0.911 bits per heavy atom. The number of nitrogens with zero attached hydrogens (tertiary/aromatic N) is 3. The largest absolute Gasteiger partial charge is 0.208 e. The maximum absolute atomic E-state index is 5.13. The van der Waals surface area contributed by atoms with Crippen molar-refractivity contribution in [3.05, 3.63) is 127 Å². The van der Waals surface area contributed by atoms with E-state index in [0.29, 0.717) is 17.5 Å². The second kappa shape index (κ2) is 9.74. The van der Waals surface area contributed by atoms with Crippen molar-refractivity contribution < 1.29 is 0 Å². The lowest BCUT2D eigenvalue weighted by atomic mass is 10.1. The molecule has 0 spiro atoms. The zero-order valence-corrected chi connectivity index (χ0v) is 26.1. The predicted molar refractivity (Wildman–Crippen MR) is 195 cm³/mol. The van der Waals surface area contributed by atoms with Gasteiger partial charge in [0, 0.05) is 77.2 Å². The monoisotopic (exact) mass is 627 g/mol. The average molecular weight is 628 g/mol. The van der Waals surface area contributed by atoms with Gasteiger partial charge in [0.15, 0.2) is 17.5 Å².